The van der Waals surface area contributed by atoms with Gasteiger partial charge < -0.3 is 24.3 Å². The third-order valence-corrected chi connectivity index (χ3v) is 5.64. The van der Waals surface area contributed by atoms with E-state index in [4.69, 9.17) is 13.9 Å². The van der Waals surface area contributed by atoms with Gasteiger partial charge in [0.15, 0.2) is 6.61 Å². The maximum atomic E-state index is 12.4. The normalized spacial score (nSPS) is 15.5. The van der Waals surface area contributed by atoms with E-state index >= 15 is 0 Å². The molecule has 3 aromatic rings. The van der Waals surface area contributed by atoms with Crippen LogP contribution in [0.1, 0.15) is 43.1 Å². The van der Waals surface area contributed by atoms with Crippen molar-refractivity contribution in [3.05, 3.63) is 69.6 Å². The summed E-state index contributed by atoms with van der Waals surface area (Å²) in [5, 5.41) is 13.6. The molecule has 0 unspecified atom stereocenters. The van der Waals surface area contributed by atoms with Gasteiger partial charge in [-0.05, 0) is 44.7 Å². The number of rotatable bonds is 6. The molecular formula is C25H27NO6. The van der Waals surface area contributed by atoms with E-state index in [1.165, 1.54) is 6.07 Å². The highest BCUT2D eigenvalue weighted by atomic mass is 16.5. The van der Waals surface area contributed by atoms with Crippen LogP contribution in [0.25, 0.3) is 11.0 Å². The van der Waals surface area contributed by atoms with E-state index in [1.54, 1.807) is 18.2 Å². The van der Waals surface area contributed by atoms with Crippen LogP contribution in [0.2, 0.25) is 0 Å². The van der Waals surface area contributed by atoms with E-state index in [1.807, 2.05) is 39.0 Å². The Hall–Kier alpha value is -3.32. The first-order valence-electron chi connectivity index (χ1n) is 10.7. The van der Waals surface area contributed by atoms with Crippen molar-refractivity contribution < 1.29 is 23.8 Å². The molecule has 2 N–H and O–H groups in total. The molecule has 1 atom stereocenters. The van der Waals surface area contributed by atoms with Crippen LogP contribution in [0.15, 0.2) is 51.7 Å². The molecule has 7 nitrogen and oxygen atoms in total. The molecule has 0 saturated carbocycles. The second-order valence-corrected chi connectivity index (χ2v) is 8.68. The van der Waals surface area contributed by atoms with Crippen molar-refractivity contribution in [2.45, 2.75) is 45.3 Å². The van der Waals surface area contributed by atoms with Crippen molar-refractivity contribution in [2.24, 2.45) is 0 Å². The molecule has 1 amide bonds. The summed E-state index contributed by atoms with van der Waals surface area (Å²) < 4.78 is 17.5. The van der Waals surface area contributed by atoms with Gasteiger partial charge in [0.25, 0.3) is 5.91 Å². The highest BCUT2D eigenvalue weighted by molar-refractivity contribution is 5.91. The Kier molecular flexibility index (Phi) is 5.93. The Morgan fingerprint density at radius 3 is 2.75 bits per heavy atom. The van der Waals surface area contributed by atoms with Gasteiger partial charge in [-0.1, -0.05) is 30.3 Å². The van der Waals surface area contributed by atoms with Crippen LogP contribution in [-0.2, 0) is 11.2 Å². The number of benzene rings is 2. The molecule has 0 bridgehead atoms. The second kappa shape index (κ2) is 8.67. The van der Waals surface area contributed by atoms with Gasteiger partial charge in [-0.15, -0.1) is 0 Å². The minimum absolute atomic E-state index is 0.0718. The maximum Gasteiger partial charge on any atom is 0.336 e. The summed E-state index contributed by atoms with van der Waals surface area (Å²) in [5.41, 5.74) is 1.92. The fourth-order valence-corrected chi connectivity index (χ4v) is 3.93. The summed E-state index contributed by atoms with van der Waals surface area (Å²) in [6.45, 7) is 5.62. The van der Waals surface area contributed by atoms with E-state index in [-0.39, 0.29) is 24.7 Å². The predicted octanol–water partition coefficient (Wildman–Crippen LogP) is 3.43. The molecule has 32 heavy (non-hydrogen) atoms. The third kappa shape index (κ3) is 4.62. The molecule has 2 aromatic carbocycles. The highest BCUT2D eigenvalue weighted by Gasteiger charge is 2.30. The van der Waals surface area contributed by atoms with E-state index < -0.39 is 11.7 Å². The molecular weight excluding hydrogens is 410 g/mol. The summed E-state index contributed by atoms with van der Waals surface area (Å²) in [6.07, 6.45) is 0.694. The largest absolute Gasteiger partial charge is 0.487 e. The summed E-state index contributed by atoms with van der Waals surface area (Å²) in [5.74, 6) is 0.635. The van der Waals surface area contributed by atoms with E-state index in [9.17, 15) is 14.7 Å². The number of hydrogen-bond acceptors (Lipinski definition) is 6. The molecule has 0 radical (unpaired) electrons. The SMILES string of the molecule is Cc1cc(=O)oc2c3c(cc(OCC(=O)NC[C@@H](O)c4ccccc4)c12)OC(C)(C)CC3. The lowest BCUT2D eigenvalue weighted by molar-refractivity contribution is -0.123. The van der Waals surface area contributed by atoms with Gasteiger partial charge in [0, 0.05) is 24.2 Å². The molecule has 0 aliphatic carbocycles. The average molecular weight is 437 g/mol. The standard InChI is InChI=1S/C25H27NO6/c1-15-11-22(29)31-24-17-9-10-25(2,3)32-19(17)12-20(23(15)24)30-14-21(28)26-13-18(27)16-7-5-4-6-8-16/h4-8,11-12,18,27H,9-10,13-14H2,1-3H3,(H,26,28)/t18-/m1/s1. The number of amides is 1. The zero-order valence-electron chi connectivity index (χ0n) is 18.4. The van der Waals surface area contributed by atoms with Crippen LogP contribution in [0.3, 0.4) is 0 Å². The number of ether oxygens (including phenoxy) is 2. The molecule has 2 heterocycles. The Morgan fingerprint density at radius 2 is 2.00 bits per heavy atom. The highest BCUT2D eigenvalue weighted by Crippen LogP contribution is 2.42. The van der Waals surface area contributed by atoms with E-state index in [2.05, 4.69) is 5.32 Å². The number of aryl methyl sites for hydroxylation is 2. The number of hydrogen-bond donors (Lipinski definition) is 2. The van der Waals surface area contributed by atoms with Crippen molar-refractivity contribution in [3.8, 4) is 11.5 Å². The van der Waals surface area contributed by atoms with Gasteiger partial charge in [0.05, 0.1) is 11.5 Å². The van der Waals surface area contributed by atoms with Gasteiger partial charge in [0.1, 0.15) is 22.7 Å². The van der Waals surface area contributed by atoms with Crippen LogP contribution < -0.4 is 20.4 Å². The third-order valence-electron chi connectivity index (χ3n) is 5.64. The first-order valence-corrected chi connectivity index (χ1v) is 10.7. The number of aliphatic hydroxyl groups is 1. The van der Waals surface area contributed by atoms with Gasteiger partial charge in [-0.3, -0.25) is 4.79 Å². The smallest absolute Gasteiger partial charge is 0.336 e. The number of aliphatic hydroxyl groups excluding tert-OH is 1. The second-order valence-electron chi connectivity index (χ2n) is 8.68. The van der Waals surface area contributed by atoms with Crippen molar-refractivity contribution >= 4 is 16.9 Å². The molecule has 0 fully saturated rings. The first kappa shape index (κ1) is 21.9. The number of carbonyl (C=O) groups is 1. The quantitative estimate of drug-likeness (QED) is 0.574. The van der Waals surface area contributed by atoms with Crippen molar-refractivity contribution in [2.75, 3.05) is 13.2 Å². The van der Waals surface area contributed by atoms with Gasteiger partial charge in [-0.25, -0.2) is 4.79 Å². The van der Waals surface area contributed by atoms with Crippen molar-refractivity contribution in [1.29, 1.82) is 0 Å². The fraction of sp³-hybridized carbons (Fsp3) is 0.360. The lowest BCUT2D eigenvalue weighted by atomic mass is 9.92. The van der Waals surface area contributed by atoms with Crippen LogP contribution >= 0.6 is 0 Å². The Labute approximate surface area is 186 Å². The minimum Gasteiger partial charge on any atom is -0.487 e. The molecule has 1 aromatic heterocycles. The molecule has 168 valence electrons. The van der Waals surface area contributed by atoms with E-state index in [0.717, 1.165) is 17.5 Å². The molecule has 0 spiro atoms. The van der Waals surface area contributed by atoms with Crippen molar-refractivity contribution in [3.63, 3.8) is 0 Å². The summed E-state index contributed by atoms with van der Waals surface area (Å²) >= 11 is 0. The molecule has 4 rings (SSSR count). The molecule has 1 aliphatic rings. The summed E-state index contributed by atoms with van der Waals surface area (Å²) in [6, 6.07) is 12.3. The lowest BCUT2D eigenvalue weighted by Crippen LogP contribution is -2.33. The number of carbonyl (C=O) groups excluding carboxylic acids is 1. The Balaban J connectivity index is 1.54. The van der Waals surface area contributed by atoms with Crippen LogP contribution in [0.5, 0.6) is 11.5 Å². The van der Waals surface area contributed by atoms with Crippen LogP contribution in [0, 0.1) is 6.92 Å². The molecule has 0 saturated heterocycles. The number of nitrogens with one attached hydrogen (secondary N) is 1. The van der Waals surface area contributed by atoms with Crippen LogP contribution in [0.4, 0.5) is 0 Å². The van der Waals surface area contributed by atoms with E-state index in [0.29, 0.717) is 34.5 Å². The fourth-order valence-electron chi connectivity index (χ4n) is 3.93. The van der Waals surface area contributed by atoms with Gasteiger partial charge >= 0.3 is 5.63 Å². The maximum absolute atomic E-state index is 12.4. The van der Waals surface area contributed by atoms with Crippen molar-refractivity contribution in [1.82, 2.24) is 5.32 Å². The number of fused-ring (bicyclic) bond motifs is 3. The zero-order chi connectivity index (χ0) is 22.9. The van der Waals surface area contributed by atoms with Gasteiger partial charge in [-0.2, -0.15) is 0 Å². The zero-order valence-corrected chi connectivity index (χ0v) is 18.4. The first-order chi connectivity index (χ1) is 15.2. The predicted molar refractivity (Wildman–Crippen MR) is 120 cm³/mol. The topological polar surface area (TPSA) is 98.0 Å². The molecule has 1 aliphatic heterocycles. The van der Waals surface area contributed by atoms with Crippen LogP contribution in [-0.4, -0.2) is 29.8 Å². The average Bonchev–Trinajstić information content (AvgIpc) is 2.75. The van der Waals surface area contributed by atoms with Gasteiger partial charge in [0.2, 0.25) is 0 Å². The Morgan fingerprint density at radius 1 is 1.25 bits per heavy atom. The molecule has 7 heteroatoms. The lowest BCUT2D eigenvalue weighted by Gasteiger charge is -2.33. The Bertz CT molecular complexity index is 1200. The summed E-state index contributed by atoms with van der Waals surface area (Å²) in [7, 11) is 0. The minimum atomic E-state index is -0.808. The summed E-state index contributed by atoms with van der Waals surface area (Å²) in [4.78, 5) is 24.4. The monoisotopic (exact) mass is 437 g/mol.